The lowest BCUT2D eigenvalue weighted by molar-refractivity contribution is 0.451. The molecule has 1 aromatic rings. The average molecular weight is 374 g/mol. The number of hydrogen-bond donors (Lipinski definition) is 2. The van der Waals surface area contributed by atoms with Crippen molar-refractivity contribution in [3.8, 4) is 5.75 Å². The molecule has 1 rings (SSSR count). The molecule has 0 bridgehead atoms. The van der Waals surface area contributed by atoms with Crippen molar-refractivity contribution >= 4 is 44.3 Å². The second-order valence-corrected chi connectivity index (χ2v) is 5.45. The molecule has 2 atom stereocenters. The highest BCUT2D eigenvalue weighted by Crippen LogP contribution is 2.36. The number of benzene rings is 1. The van der Waals surface area contributed by atoms with E-state index in [2.05, 4.69) is 45.7 Å². The molecule has 16 heavy (non-hydrogen) atoms. The van der Waals surface area contributed by atoms with Crippen LogP contribution in [-0.4, -0.2) is 5.11 Å². The summed E-state index contributed by atoms with van der Waals surface area (Å²) in [6.07, 6.45) is 1.04. The number of hydrogen-bond acceptors (Lipinski definition) is 2. The first-order chi connectivity index (χ1) is 6.97. The van der Waals surface area contributed by atoms with Gasteiger partial charge in [-0.1, -0.05) is 20.3 Å². The van der Waals surface area contributed by atoms with Gasteiger partial charge in [0, 0.05) is 6.04 Å². The smallest absolute Gasteiger partial charge is 0.143 e. The SMILES string of the molecule is CCC(C)[C@@H](N)c1cc(Br)c(O)c(Br)c1.Cl. The van der Waals surface area contributed by atoms with E-state index in [1.54, 1.807) is 0 Å². The Morgan fingerprint density at radius 3 is 2.12 bits per heavy atom. The van der Waals surface area contributed by atoms with Crippen molar-refractivity contribution in [3.63, 3.8) is 0 Å². The van der Waals surface area contributed by atoms with Crippen molar-refractivity contribution < 1.29 is 5.11 Å². The van der Waals surface area contributed by atoms with Gasteiger partial charge in [-0.15, -0.1) is 12.4 Å². The summed E-state index contributed by atoms with van der Waals surface area (Å²) < 4.78 is 1.34. The molecule has 0 aromatic heterocycles. The lowest BCUT2D eigenvalue weighted by Gasteiger charge is -2.19. The van der Waals surface area contributed by atoms with E-state index in [9.17, 15) is 5.11 Å². The maximum atomic E-state index is 9.57. The van der Waals surface area contributed by atoms with Crippen molar-refractivity contribution in [2.45, 2.75) is 26.3 Å². The first kappa shape index (κ1) is 16.2. The van der Waals surface area contributed by atoms with E-state index in [1.165, 1.54) is 0 Å². The predicted octanol–water partition coefficient (Wildman–Crippen LogP) is 4.38. The van der Waals surface area contributed by atoms with E-state index in [-0.39, 0.29) is 24.2 Å². The van der Waals surface area contributed by atoms with Gasteiger partial charge < -0.3 is 10.8 Å². The molecule has 0 fully saturated rings. The summed E-state index contributed by atoms with van der Waals surface area (Å²) in [6, 6.07) is 3.75. The zero-order valence-corrected chi connectivity index (χ0v) is 13.2. The lowest BCUT2D eigenvalue weighted by Crippen LogP contribution is -2.18. The molecule has 0 amide bonds. The van der Waals surface area contributed by atoms with Crippen LogP contribution >= 0.6 is 44.3 Å². The first-order valence-electron chi connectivity index (χ1n) is 4.90. The van der Waals surface area contributed by atoms with Crippen LogP contribution in [-0.2, 0) is 0 Å². The maximum absolute atomic E-state index is 9.57. The Labute approximate surface area is 119 Å². The molecule has 92 valence electrons. The minimum absolute atomic E-state index is 0. The number of phenolic OH excluding ortho intramolecular Hbond substituents is 1. The molecule has 0 aliphatic rings. The number of halogens is 3. The highest BCUT2D eigenvalue weighted by molar-refractivity contribution is 9.11. The molecule has 0 heterocycles. The summed E-state index contributed by atoms with van der Waals surface area (Å²) >= 11 is 6.60. The Morgan fingerprint density at radius 2 is 1.75 bits per heavy atom. The molecular weight excluding hydrogens is 357 g/mol. The second-order valence-electron chi connectivity index (χ2n) is 3.74. The Hall–Kier alpha value is 0.230. The maximum Gasteiger partial charge on any atom is 0.143 e. The molecule has 0 radical (unpaired) electrons. The standard InChI is InChI=1S/C11H15Br2NO.ClH/c1-3-6(2)10(14)7-4-8(12)11(15)9(13)5-7;/h4-6,10,15H,3,14H2,1-2H3;1H/t6?,10-;/m1./s1. The molecule has 5 heteroatoms. The largest absolute Gasteiger partial charge is 0.506 e. The summed E-state index contributed by atoms with van der Waals surface area (Å²) in [5.74, 6) is 0.642. The Balaban J connectivity index is 0.00000225. The van der Waals surface area contributed by atoms with Gasteiger partial charge in [0.05, 0.1) is 8.95 Å². The predicted molar refractivity (Wildman–Crippen MR) is 77.1 cm³/mol. The fourth-order valence-electron chi connectivity index (χ4n) is 1.36. The van der Waals surface area contributed by atoms with Gasteiger partial charge in [-0.3, -0.25) is 0 Å². The van der Waals surface area contributed by atoms with E-state index in [4.69, 9.17) is 5.73 Å². The van der Waals surface area contributed by atoms with E-state index >= 15 is 0 Å². The van der Waals surface area contributed by atoms with Crippen molar-refractivity contribution in [2.24, 2.45) is 11.7 Å². The van der Waals surface area contributed by atoms with Crippen LogP contribution in [0.3, 0.4) is 0 Å². The van der Waals surface area contributed by atoms with Crippen LogP contribution < -0.4 is 5.73 Å². The van der Waals surface area contributed by atoms with Crippen LogP contribution in [0.2, 0.25) is 0 Å². The molecule has 3 N–H and O–H groups in total. The Morgan fingerprint density at radius 1 is 1.31 bits per heavy atom. The lowest BCUT2D eigenvalue weighted by atomic mass is 9.93. The van der Waals surface area contributed by atoms with Crippen LogP contribution in [0, 0.1) is 5.92 Å². The minimum atomic E-state index is 0. The van der Waals surface area contributed by atoms with Gasteiger partial charge in [0.15, 0.2) is 0 Å². The van der Waals surface area contributed by atoms with Crippen molar-refractivity contribution in [3.05, 3.63) is 26.6 Å². The second kappa shape index (κ2) is 6.84. The molecule has 2 nitrogen and oxygen atoms in total. The quantitative estimate of drug-likeness (QED) is 0.826. The number of nitrogens with two attached hydrogens (primary N) is 1. The third kappa shape index (κ3) is 3.62. The minimum Gasteiger partial charge on any atom is -0.506 e. The third-order valence-corrected chi connectivity index (χ3v) is 3.89. The molecule has 1 unspecified atom stereocenters. The van der Waals surface area contributed by atoms with Gasteiger partial charge in [-0.05, 0) is 55.5 Å². The fraction of sp³-hybridized carbons (Fsp3) is 0.455. The van der Waals surface area contributed by atoms with Crippen LogP contribution in [0.4, 0.5) is 0 Å². The van der Waals surface area contributed by atoms with Crippen LogP contribution in [0.15, 0.2) is 21.1 Å². The third-order valence-electron chi connectivity index (χ3n) is 2.68. The van der Waals surface area contributed by atoms with Gasteiger partial charge in [-0.25, -0.2) is 0 Å². The van der Waals surface area contributed by atoms with Crippen molar-refractivity contribution in [1.82, 2.24) is 0 Å². The Kier molecular flexibility index (Phi) is 6.94. The van der Waals surface area contributed by atoms with Gasteiger partial charge in [0.2, 0.25) is 0 Å². The zero-order chi connectivity index (χ0) is 11.6. The topological polar surface area (TPSA) is 46.2 Å². The van der Waals surface area contributed by atoms with E-state index < -0.39 is 0 Å². The zero-order valence-electron chi connectivity index (χ0n) is 9.21. The van der Waals surface area contributed by atoms with Crippen LogP contribution in [0.25, 0.3) is 0 Å². The van der Waals surface area contributed by atoms with Crippen molar-refractivity contribution in [2.75, 3.05) is 0 Å². The van der Waals surface area contributed by atoms with Gasteiger partial charge in [0.25, 0.3) is 0 Å². The summed E-state index contributed by atoms with van der Waals surface area (Å²) in [5.41, 5.74) is 7.14. The molecule has 0 saturated heterocycles. The Bertz CT molecular complexity index is 337. The molecule has 0 aliphatic carbocycles. The highest BCUT2D eigenvalue weighted by atomic mass is 79.9. The number of rotatable bonds is 3. The van der Waals surface area contributed by atoms with Crippen LogP contribution in [0.5, 0.6) is 5.75 Å². The van der Waals surface area contributed by atoms with Gasteiger partial charge >= 0.3 is 0 Å². The molecule has 0 spiro atoms. The fourth-order valence-corrected chi connectivity index (χ4v) is 2.58. The molecule has 1 aromatic carbocycles. The summed E-state index contributed by atoms with van der Waals surface area (Å²) in [6.45, 7) is 4.24. The van der Waals surface area contributed by atoms with Gasteiger partial charge in [0.1, 0.15) is 5.75 Å². The van der Waals surface area contributed by atoms with E-state index in [0.717, 1.165) is 12.0 Å². The van der Waals surface area contributed by atoms with Crippen molar-refractivity contribution in [1.29, 1.82) is 0 Å². The highest BCUT2D eigenvalue weighted by Gasteiger charge is 2.16. The number of aromatic hydroxyl groups is 1. The summed E-state index contributed by atoms with van der Waals surface area (Å²) in [4.78, 5) is 0. The summed E-state index contributed by atoms with van der Waals surface area (Å²) in [7, 11) is 0. The summed E-state index contributed by atoms with van der Waals surface area (Å²) in [5, 5.41) is 9.57. The van der Waals surface area contributed by atoms with E-state index in [0.29, 0.717) is 14.9 Å². The monoisotopic (exact) mass is 371 g/mol. The number of phenols is 1. The average Bonchev–Trinajstić information content (AvgIpc) is 2.23. The van der Waals surface area contributed by atoms with E-state index in [1.807, 2.05) is 12.1 Å². The van der Waals surface area contributed by atoms with Crippen LogP contribution in [0.1, 0.15) is 31.9 Å². The molecule has 0 aliphatic heterocycles. The van der Waals surface area contributed by atoms with Gasteiger partial charge in [-0.2, -0.15) is 0 Å². The molecule has 0 saturated carbocycles. The molecular formula is C11H16Br2ClNO. The normalized spacial score (nSPS) is 14.1. The first-order valence-corrected chi connectivity index (χ1v) is 6.49.